The number of anilines is 1. The zero-order chi connectivity index (χ0) is 20.6. The van der Waals surface area contributed by atoms with Gasteiger partial charge in [0, 0.05) is 11.8 Å². The Balaban J connectivity index is 1.59. The van der Waals surface area contributed by atoms with E-state index in [-0.39, 0.29) is 11.7 Å². The van der Waals surface area contributed by atoms with Crippen LogP contribution in [-0.4, -0.2) is 40.1 Å². The first-order valence-electron chi connectivity index (χ1n) is 9.10. The van der Waals surface area contributed by atoms with Crippen LogP contribution >= 0.6 is 11.8 Å². The van der Waals surface area contributed by atoms with Crippen molar-refractivity contribution in [2.24, 2.45) is 0 Å². The Morgan fingerprint density at radius 3 is 2.66 bits per heavy atom. The highest BCUT2D eigenvalue weighted by Gasteiger charge is 2.13. The molecule has 0 unspecified atom stereocenters. The van der Waals surface area contributed by atoms with E-state index < -0.39 is 5.82 Å². The van der Waals surface area contributed by atoms with Crippen molar-refractivity contribution in [3.05, 3.63) is 48.3 Å². The van der Waals surface area contributed by atoms with E-state index in [1.165, 1.54) is 6.07 Å². The van der Waals surface area contributed by atoms with Crippen LogP contribution in [0.4, 0.5) is 10.1 Å². The largest absolute Gasteiger partial charge is 0.490 e. The monoisotopic (exact) mass is 416 g/mol. The minimum Gasteiger partial charge on any atom is -0.490 e. The van der Waals surface area contributed by atoms with Gasteiger partial charge in [0.1, 0.15) is 5.82 Å². The van der Waals surface area contributed by atoms with Crippen molar-refractivity contribution >= 4 is 23.4 Å². The summed E-state index contributed by atoms with van der Waals surface area (Å²) >= 11 is 1.15. The van der Waals surface area contributed by atoms with E-state index in [1.54, 1.807) is 36.4 Å². The van der Waals surface area contributed by atoms with E-state index in [9.17, 15) is 9.18 Å². The molecule has 0 saturated carbocycles. The van der Waals surface area contributed by atoms with Crippen LogP contribution in [0, 0.1) is 5.82 Å². The number of hydrogen-bond donors (Lipinski definition) is 2. The summed E-state index contributed by atoms with van der Waals surface area (Å²) in [5.74, 6) is 1.01. The smallest absolute Gasteiger partial charge is 0.234 e. The third-order valence-corrected chi connectivity index (χ3v) is 4.60. The molecule has 1 aromatic heterocycles. The second kappa shape index (κ2) is 9.92. The van der Waals surface area contributed by atoms with Gasteiger partial charge >= 0.3 is 0 Å². The molecule has 1 amide bonds. The van der Waals surface area contributed by atoms with E-state index in [0.717, 1.165) is 11.8 Å². The Morgan fingerprint density at radius 2 is 1.90 bits per heavy atom. The Hall–Kier alpha value is -3.07. The van der Waals surface area contributed by atoms with Crippen LogP contribution < -0.4 is 14.8 Å². The lowest BCUT2D eigenvalue weighted by Gasteiger charge is -2.12. The third kappa shape index (κ3) is 5.47. The lowest BCUT2D eigenvalue weighted by atomic mass is 10.2. The first-order valence-corrected chi connectivity index (χ1v) is 10.1. The van der Waals surface area contributed by atoms with Gasteiger partial charge in [-0.3, -0.25) is 9.89 Å². The fraction of sp³-hybridized carbons (Fsp3) is 0.250. The molecule has 152 valence electrons. The number of nitrogens with zero attached hydrogens (tertiary/aromatic N) is 2. The molecule has 0 radical (unpaired) electrons. The molecule has 0 aliphatic heterocycles. The molecular formula is C20H21FN4O3S. The number of thioether (sulfide) groups is 1. The summed E-state index contributed by atoms with van der Waals surface area (Å²) in [6, 6.07) is 11.5. The van der Waals surface area contributed by atoms with E-state index in [2.05, 4.69) is 20.5 Å². The maximum absolute atomic E-state index is 13.8. The summed E-state index contributed by atoms with van der Waals surface area (Å²) in [4.78, 5) is 16.5. The molecule has 7 nitrogen and oxygen atoms in total. The summed E-state index contributed by atoms with van der Waals surface area (Å²) in [5.41, 5.74) is 0.929. The molecule has 9 heteroatoms. The van der Waals surface area contributed by atoms with Crippen molar-refractivity contribution < 1.29 is 18.7 Å². The van der Waals surface area contributed by atoms with Crippen molar-refractivity contribution in [2.75, 3.05) is 24.3 Å². The van der Waals surface area contributed by atoms with Crippen LogP contribution in [0.1, 0.15) is 13.8 Å². The van der Waals surface area contributed by atoms with Gasteiger partial charge in [0.05, 0.1) is 24.5 Å². The Kier molecular flexibility index (Phi) is 7.07. The fourth-order valence-corrected chi connectivity index (χ4v) is 3.14. The molecule has 0 aliphatic rings. The highest BCUT2D eigenvalue weighted by molar-refractivity contribution is 7.99. The van der Waals surface area contributed by atoms with Crippen LogP contribution in [0.5, 0.6) is 11.5 Å². The van der Waals surface area contributed by atoms with Gasteiger partial charge in [0.25, 0.3) is 0 Å². The fourth-order valence-electron chi connectivity index (χ4n) is 2.54. The predicted molar refractivity (Wildman–Crippen MR) is 110 cm³/mol. The van der Waals surface area contributed by atoms with Crippen LogP contribution in [0.25, 0.3) is 11.4 Å². The lowest BCUT2D eigenvalue weighted by Crippen LogP contribution is -2.14. The maximum atomic E-state index is 13.8. The SMILES string of the molecule is CCOc1ccc(NC(=O)CSc2n[nH]c(-c3ccccc3F)n2)cc1OCC. The topological polar surface area (TPSA) is 89.1 Å². The normalized spacial score (nSPS) is 10.6. The Bertz CT molecular complexity index is 980. The summed E-state index contributed by atoms with van der Waals surface area (Å²) in [7, 11) is 0. The first-order chi connectivity index (χ1) is 14.1. The summed E-state index contributed by atoms with van der Waals surface area (Å²) in [5, 5.41) is 9.89. The second-order valence-electron chi connectivity index (χ2n) is 5.81. The van der Waals surface area contributed by atoms with Gasteiger partial charge in [-0.2, -0.15) is 0 Å². The molecule has 1 heterocycles. The van der Waals surface area contributed by atoms with E-state index >= 15 is 0 Å². The average molecular weight is 416 g/mol. The molecule has 3 aromatic rings. The van der Waals surface area contributed by atoms with Gasteiger partial charge in [-0.25, -0.2) is 9.37 Å². The molecule has 0 fully saturated rings. The maximum Gasteiger partial charge on any atom is 0.234 e. The van der Waals surface area contributed by atoms with Gasteiger partial charge < -0.3 is 14.8 Å². The molecular weight excluding hydrogens is 395 g/mol. The molecule has 0 bridgehead atoms. The minimum absolute atomic E-state index is 0.103. The zero-order valence-corrected chi connectivity index (χ0v) is 16.9. The van der Waals surface area contributed by atoms with Crippen molar-refractivity contribution in [1.29, 1.82) is 0 Å². The number of rotatable bonds is 9. The number of aromatic amines is 1. The summed E-state index contributed by atoms with van der Waals surface area (Å²) in [6.07, 6.45) is 0. The van der Waals surface area contributed by atoms with Crippen molar-refractivity contribution in [3.8, 4) is 22.9 Å². The van der Waals surface area contributed by atoms with Crippen LogP contribution in [0.15, 0.2) is 47.6 Å². The van der Waals surface area contributed by atoms with E-state index in [0.29, 0.717) is 46.9 Å². The van der Waals surface area contributed by atoms with Gasteiger partial charge in [-0.05, 0) is 38.1 Å². The van der Waals surface area contributed by atoms with Gasteiger partial charge in [0.15, 0.2) is 17.3 Å². The minimum atomic E-state index is -0.390. The van der Waals surface area contributed by atoms with Crippen molar-refractivity contribution in [2.45, 2.75) is 19.0 Å². The van der Waals surface area contributed by atoms with Crippen LogP contribution in [0.3, 0.4) is 0 Å². The van der Waals surface area contributed by atoms with E-state index in [1.807, 2.05) is 13.8 Å². The van der Waals surface area contributed by atoms with Gasteiger partial charge in [-0.1, -0.05) is 23.9 Å². The molecule has 0 aliphatic carbocycles. The summed E-state index contributed by atoms with van der Waals surface area (Å²) < 4.78 is 24.9. The molecule has 2 N–H and O–H groups in total. The Labute approximate surface area is 172 Å². The zero-order valence-electron chi connectivity index (χ0n) is 16.1. The third-order valence-electron chi connectivity index (χ3n) is 3.75. The molecule has 3 rings (SSSR count). The number of carbonyl (C=O) groups is 1. The van der Waals surface area contributed by atoms with Gasteiger partial charge in [0.2, 0.25) is 11.1 Å². The predicted octanol–water partition coefficient (Wildman–Crippen LogP) is 4.14. The molecule has 29 heavy (non-hydrogen) atoms. The average Bonchev–Trinajstić information content (AvgIpc) is 3.18. The molecule has 2 aromatic carbocycles. The standard InChI is InChI=1S/C20H21FN4O3S/c1-3-27-16-10-9-13(11-17(16)28-4-2)22-18(26)12-29-20-23-19(24-25-20)14-7-5-6-8-15(14)21/h5-11H,3-4,12H2,1-2H3,(H,22,26)(H,23,24,25). The number of nitrogens with one attached hydrogen (secondary N) is 2. The number of ether oxygens (including phenoxy) is 2. The molecule has 0 spiro atoms. The number of carbonyl (C=O) groups excluding carboxylic acids is 1. The molecule has 0 saturated heterocycles. The van der Waals surface area contributed by atoms with Crippen LogP contribution in [-0.2, 0) is 4.79 Å². The second-order valence-corrected chi connectivity index (χ2v) is 6.75. The first kappa shape index (κ1) is 20.7. The van der Waals surface area contributed by atoms with Crippen molar-refractivity contribution in [1.82, 2.24) is 15.2 Å². The Morgan fingerprint density at radius 1 is 1.14 bits per heavy atom. The summed E-state index contributed by atoms with van der Waals surface area (Å²) in [6.45, 7) is 4.78. The quantitative estimate of drug-likeness (QED) is 0.510. The lowest BCUT2D eigenvalue weighted by molar-refractivity contribution is -0.113. The highest BCUT2D eigenvalue weighted by Crippen LogP contribution is 2.30. The molecule has 0 atom stereocenters. The van der Waals surface area contributed by atoms with Crippen molar-refractivity contribution in [3.63, 3.8) is 0 Å². The van der Waals surface area contributed by atoms with E-state index in [4.69, 9.17) is 9.47 Å². The van der Waals surface area contributed by atoms with Crippen LogP contribution in [0.2, 0.25) is 0 Å². The number of H-pyrrole nitrogens is 1. The number of amides is 1. The van der Waals surface area contributed by atoms with Gasteiger partial charge in [-0.15, -0.1) is 5.10 Å². The number of halogens is 1. The number of benzene rings is 2. The highest BCUT2D eigenvalue weighted by atomic mass is 32.2. The number of hydrogen-bond acceptors (Lipinski definition) is 6. The number of aromatic nitrogens is 3.